The van der Waals surface area contributed by atoms with Gasteiger partial charge in [0.1, 0.15) is 11.5 Å². The summed E-state index contributed by atoms with van der Waals surface area (Å²) in [6, 6.07) is 8.06. The van der Waals surface area contributed by atoms with Gasteiger partial charge in [0, 0.05) is 37.4 Å². The minimum absolute atomic E-state index is 0.356. The van der Waals surface area contributed by atoms with Gasteiger partial charge in [0.05, 0.1) is 0 Å². The molecule has 2 aromatic carbocycles. The smallest absolute Gasteiger partial charge is 0.454 e. The monoisotopic (exact) mass is 385 g/mol. The first kappa shape index (κ1) is 21.8. The van der Waals surface area contributed by atoms with Crippen LogP contribution in [0.5, 0.6) is 11.5 Å². The summed E-state index contributed by atoms with van der Waals surface area (Å²) in [5, 5.41) is 21.0. The lowest BCUT2D eigenvalue weighted by Crippen LogP contribution is -2.28. The number of nitrogens with zero attached hydrogens (tertiary/aromatic N) is 1. The number of aryl methyl sites for hydroxylation is 4. The van der Waals surface area contributed by atoms with Gasteiger partial charge < -0.3 is 14.0 Å². The van der Waals surface area contributed by atoms with Gasteiger partial charge in [-0.15, -0.1) is 0 Å². The van der Waals surface area contributed by atoms with Gasteiger partial charge in [-0.25, -0.2) is 0 Å². The highest BCUT2D eigenvalue weighted by atomic mass is 27.2. The highest BCUT2D eigenvalue weighted by Crippen LogP contribution is 2.28. The van der Waals surface area contributed by atoms with Gasteiger partial charge in [-0.3, -0.25) is 4.90 Å². The van der Waals surface area contributed by atoms with E-state index in [2.05, 4.69) is 16.5 Å². The molecule has 2 aromatic rings. The van der Waals surface area contributed by atoms with E-state index in [4.69, 9.17) is 3.79 Å². The number of rotatable bonds is 8. The van der Waals surface area contributed by atoms with Gasteiger partial charge in [0.25, 0.3) is 0 Å². The van der Waals surface area contributed by atoms with E-state index < -0.39 is 14.5 Å². The Labute approximate surface area is 168 Å². The van der Waals surface area contributed by atoms with Crippen molar-refractivity contribution in [3.05, 3.63) is 57.6 Å². The summed E-state index contributed by atoms with van der Waals surface area (Å²) >= 11 is -1.08. The van der Waals surface area contributed by atoms with E-state index in [0.29, 0.717) is 31.2 Å². The Kier molecular flexibility index (Phi) is 7.76. The standard InChI is InChI=1S/C20H26NO3.2CH3.Al/c1-13-7-15(3)19(23)17(9-13)11-21(5-6-22)12-18-10-14(2)8-16(4)20(18)24;;;/h7-10,23-24H,5-6,11-12H2,1-4H3;2*1H3;/q-1;;;+1. The molecule has 0 aliphatic carbocycles. The van der Waals surface area contributed by atoms with Crippen molar-refractivity contribution >= 4 is 14.5 Å². The van der Waals surface area contributed by atoms with Gasteiger partial charge in [0.15, 0.2) is 0 Å². The van der Waals surface area contributed by atoms with Crippen molar-refractivity contribution in [2.75, 3.05) is 13.2 Å². The predicted octanol–water partition coefficient (Wildman–Crippen LogP) is 4.60. The van der Waals surface area contributed by atoms with E-state index in [1.807, 2.05) is 52.0 Å². The van der Waals surface area contributed by atoms with Crippen LogP contribution in [0, 0.1) is 27.7 Å². The number of aromatic hydroxyl groups is 2. The molecule has 0 unspecified atom stereocenters. The van der Waals surface area contributed by atoms with Crippen LogP contribution in [-0.4, -0.2) is 42.7 Å². The Hall–Kier alpha value is -1.51. The summed E-state index contributed by atoms with van der Waals surface area (Å²) in [5.74, 6) is 5.04. The molecule has 0 saturated heterocycles. The Bertz CT molecular complexity index is 730. The van der Waals surface area contributed by atoms with E-state index in [1.165, 1.54) is 0 Å². The largest absolute Gasteiger partial charge is 0.507 e. The molecule has 0 heterocycles. The first-order valence-electron chi connectivity index (χ1n) is 9.59. The Morgan fingerprint density at radius 2 is 1.26 bits per heavy atom. The molecule has 27 heavy (non-hydrogen) atoms. The molecule has 0 aliphatic heterocycles. The van der Waals surface area contributed by atoms with Crippen LogP contribution in [0.25, 0.3) is 0 Å². The molecule has 2 N–H and O–H groups in total. The van der Waals surface area contributed by atoms with Crippen molar-refractivity contribution in [1.82, 2.24) is 4.90 Å². The van der Waals surface area contributed by atoms with E-state index in [0.717, 1.165) is 39.9 Å². The molecule has 0 bridgehead atoms. The summed E-state index contributed by atoms with van der Waals surface area (Å²) in [7, 11) is 0. The van der Waals surface area contributed by atoms with Crippen molar-refractivity contribution in [2.45, 2.75) is 52.4 Å². The van der Waals surface area contributed by atoms with Crippen molar-refractivity contribution in [3.8, 4) is 11.5 Å². The predicted molar refractivity (Wildman–Crippen MR) is 113 cm³/mol. The molecule has 0 aliphatic rings. The number of hydrogen-bond acceptors (Lipinski definition) is 4. The molecule has 0 saturated carbocycles. The fourth-order valence-corrected chi connectivity index (χ4v) is 4.03. The van der Waals surface area contributed by atoms with Crippen LogP contribution in [0.2, 0.25) is 11.6 Å². The lowest BCUT2D eigenvalue weighted by molar-refractivity contribution is 0.194. The normalized spacial score (nSPS) is 11.2. The average molecular weight is 385 g/mol. The summed E-state index contributed by atoms with van der Waals surface area (Å²) in [6.45, 7) is 10.6. The topological polar surface area (TPSA) is 52.9 Å². The van der Waals surface area contributed by atoms with E-state index in [9.17, 15) is 10.2 Å². The summed E-state index contributed by atoms with van der Waals surface area (Å²) in [6.07, 6.45) is 0. The summed E-state index contributed by atoms with van der Waals surface area (Å²) in [5.41, 5.74) is 5.90. The quantitative estimate of drug-likeness (QED) is 0.652. The maximum Gasteiger partial charge on any atom is 0.454 e. The van der Waals surface area contributed by atoms with Gasteiger partial charge >= 0.3 is 14.5 Å². The van der Waals surface area contributed by atoms with Crippen molar-refractivity contribution < 1.29 is 14.0 Å². The van der Waals surface area contributed by atoms with Gasteiger partial charge in [-0.1, -0.05) is 47.0 Å². The van der Waals surface area contributed by atoms with Crippen LogP contribution in [0.1, 0.15) is 33.4 Å². The van der Waals surface area contributed by atoms with E-state index >= 15 is 0 Å². The lowest BCUT2D eigenvalue weighted by atomic mass is 10.0. The number of benzene rings is 2. The van der Waals surface area contributed by atoms with Crippen LogP contribution < -0.4 is 0 Å². The van der Waals surface area contributed by atoms with Crippen LogP contribution in [0.3, 0.4) is 0 Å². The second kappa shape index (κ2) is 9.62. The zero-order chi connectivity index (χ0) is 20.1. The van der Waals surface area contributed by atoms with E-state index in [-0.39, 0.29) is 0 Å². The fourth-order valence-electron chi connectivity index (χ4n) is 3.45. The van der Waals surface area contributed by atoms with Crippen molar-refractivity contribution in [3.63, 3.8) is 0 Å². The van der Waals surface area contributed by atoms with Crippen LogP contribution >= 0.6 is 0 Å². The highest BCUT2D eigenvalue weighted by molar-refractivity contribution is 6.48. The molecule has 0 spiro atoms. The maximum atomic E-state index is 10.5. The molecule has 0 radical (unpaired) electrons. The molecule has 0 aromatic heterocycles. The second-order valence-corrected chi connectivity index (χ2v) is 10.2. The molecule has 4 nitrogen and oxygen atoms in total. The highest BCUT2D eigenvalue weighted by Gasteiger charge is 2.16. The first-order chi connectivity index (χ1) is 12.7. The molecule has 0 atom stereocenters. The summed E-state index contributed by atoms with van der Waals surface area (Å²) < 4.78 is 5.88. The first-order valence-corrected chi connectivity index (χ1v) is 12.4. The minimum atomic E-state index is -1.08. The van der Waals surface area contributed by atoms with E-state index in [1.54, 1.807) is 0 Å². The van der Waals surface area contributed by atoms with Gasteiger partial charge in [-0.2, -0.15) is 0 Å². The molecule has 2 rings (SSSR count). The molecular weight excluding hydrogens is 353 g/mol. The zero-order valence-corrected chi connectivity index (χ0v) is 18.6. The Morgan fingerprint density at radius 1 is 0.815 bits per heavy atom. The van der Waals surface area contributed by atoms with Crippen LogP contribution in [-0.2, 0) is 16.9 Å². The number of hydrogen-bond donors (Lipinski definition) is 2. The molecular formula is C22H32AlNO3. The summed E-state index contributed by atoms with van der Waals surface area (Å²) in [4.78, 5) is 2.23. The second-order valence-electron chi connectivity index (χ2n) is 7.81. The third-order valence-electron chi connectivity index (χ3n) is 4.69. The van der Waals surface area contributed by atoms with Crippen LogP contribution in [0.4, 0.5) is 0 Å². The number of phenols is 2. The van der Waals surface area contributed by atoms with Gasteiger partial charge in [-0.05, 0) is 38.8 Å². The Balaban J connectivity index is 2.26. The number of phenolic OH excluding ortho intramolecular Hbond substituents is 2. The van der Waals surface area contributed by atoms with Crippen molar-refractivity contribution in [2.24, 2.45) is 0 Å². The lowest BCUT2D eigenvalue weighted by Gasteiger charge is -2.25. The third kappa shape index (κ3) is 6.26. The molecule has 0 amide bonds. The average Bonchev–Trinajstić information content (AvgIpc) is 2.56. The minimum Gasteiger partial charge on any atom is -0.507 e. The molecule has 146 valence electrons. The SMILES string of the molecule is Cc1cc(C)c(O)c(CN(CC[O][Al]([CH3])[CH3])Cc2cc(C)cc(C)c2O)c1. The Morgan fingerprint density at radius 3 is 1.67 bits per heavy atom. The van der Waals surface area contributed by atoms with Crippen molar-refractivity contribution in [1.29, 1.82) is 0 Å². The zero-order valence-electron chi connectivity index (χ0n) is 17.5. The molecule has 5 heteroatoms. The fraction of sp³-hybridized carbons (Fsp3) is 0.455. The van der Waals surface area contributed by atoms with Crippen LogP contribution in [0.15, 0.2) is 24.3 Å². The molecule has 0 fully saturated rings. The maximum absolute atomic E-state index is 10.5. The third-order valence-corrected chi connectivity index (χ3v) is 5.60. The van der Waals surface area contributed by atoms with Gasteiger partial charge in [0.2, 0.25) is 0 Å².